The van der Waals surface area contributed by atoms with Gasteiger partial charge in [0.05, 0.1) is 5.69 Å². The third-order valence-electron chi connectivity index (χ3n) is 5.77. The average molecular weight is 392 g/mol. The molecule has 30 heavy (non-hydrogen) atoms. The molecule has 1 aliphatic rings. The van der Waals surface area contributed by atoms with E-state index in [-0.39, 0.29) is 5.41 Å². The maximum atomic E-state index is 6.36. The molecule has 0 bridgehead atoms. The zero-order valence-corrected chi connectivity index (χ0v) is 17.9. The predicted octanol–water partition coefficient (Wildman–Crippen LogP) is 7.79. The molecule has 0 amide bonds. The van der Waals surface area contributed by atoms with E-state index in [1.54, 1.807) is 0 Å². The molecule has 3 aromatic carbocycles. The smallest absolute Gasteiger partial charge is 0.135 e. The van der Waals surface area contributed by atoms with Crippen LogP contribution >= 0.6 is 0 Å². The van der Waals surface area contributed by atoms with Crippen LogP contribution in [0.4, 0.5) is 0 Å². The van der Waals surface area contributed by atoms with Gasteiger partial charge in [0.1, 0.15) is 11.5 Å². The quantitative estimate of drug-likeness (QED) is 0.291. The van der Waals surface area contributed by atoms with Crippen LogP contribution in [0, 0.1) is 6.92 Å². The van der Waals surface area contributed by atoms with E-state index in [0.29, 0.717) is 0 Å². The van der Waals surface area contributed by atoms with Crippen molar-refractivity contribution in [1.82, 2.24) is 4.98 Å². The standard InChI is InChI=1S/C28H25NO/c1-18-9-12-21-22-7-5-6-8-26(22)30-27-14-10-19(16-24(27)23(21)15-18)25-13-11-20(17-29-25)28(2,3)4/h5-17H,1-4H3. The second-order valence-electron chi connectivity index (χ2n) is 9.04. The van der Waals surface area contributed by atoms with Gasteiger partial charge >= 0.3 is 0 Å². The largest absolute Gasteiger partial charge is 0.456 e. The Balaban J connectivity index is 1.68. The normalized spacial score (nSPS) is 12.3. The highest BCUT2D eigenvalue weighted by atomic mass is 16.5. The number of hydrogen-bond acceptors (Lipinski definition) is 2. The molecule has 1 aliphatic heterocycles. The van der Waals surface area contributed by atoms with Crippen molar-refractivity contribution in [2.75, 3.05) is 0 Å². The summed E-state index contributed by atoms with van der Waals surface area (Å²) in [6, 6.07) is 25.5. The van der Waals surface area contributed by atoms with Gasteiger partial charge in [-0.1, -0.05) is 68.8 Å². The molecule has 2 nitrogen and oxygen atoms in total. The first-order valence-electron chi connectivity index (χ1n) is 10.4. The van der Waals surface area contributed by atoms with Gasteiger partial charge in [-0.25, -0.2) is 0 Å². The molecular weight excluding hydrogens is 366 g/mol. The van der Waals surface area contributed by atoms with Crippen LogP contribution in [0.1, 0.15) is 31.9 Å². The van der Waals surface area contributed by atoms with E-state index in [1.165, 1.54) is 22.3 Å². The fourth-order valence-corrected chi connectivity index (χ4v) is 4.01. The first kappa shape index (κ1) is 18.6. The van der Waals surface area contributed by atoms with E-state index in [1.807, 2.05) is 18.3 Å². The maximum Gasteiger partial charge on any atom is 0.135 e. The monoisotopic (exact) mass is 391 g/mol. The molecule has 2 heterocycles. The number of para-hydroxylation sites is 1. The minimum atomic E-state index is 0.0926. The summed E-state index contributed by atoms with van der Waals surface area (Å²) in [5.41, 5.74) is 9.25. The van der Waals surface area contributed by atoms with Crippen LogP contribution in [0.5, 0.6) is 11.5 Å². The molecule has 148 valence electrons. The molecular formula is C28H25NO. The fraction of sp³-hybridized carbons (Fsp3) is 0.179. The Morgan fingerprint density at radius 1 is 0.700 bits per heavy atom. The van der Waals surface area contributed by atoms with Crippen molar-refractivity contribution in [2.24, 2.45) is 0 Å². The van der Waals surface area contributed by atoms with Gasteiger partial charge in [-0.2, -0.15) is 0 Å². The van der Waals surface area contributed by atoms with Crippen molar-refractivity contribution in [3.05, 3.63) is 90.1 Å². The number of fused-ring (bicyclic) bond motifs is 5. The lowest BCUT2D eigenvalue weighted by molar-refractivity contribution is 0.488. The van der Waals surface area contributed by atoms with Gasteiger partial charge in [-0.15, -0.1) is 0 Å². The van der Waals surface area contributed by atoms with Crippen LogP contribution in [-0.4, -0.2) is 4.98 Å². The van der Waals surface area contributed by atoms with E-state index in [0.717, 1.165) is 33.9 Å². The fourth-order valence-electron chi connectivity index (χ4n) is 4.01. The summed E-state index contributed by atoms with van der Waals surface area (Å²) in [5.74, 6) is 1.77. The number of hydrogen-bond donors (Lipinski definition) is 0. The van der Waals surface area contributed by atoms with Gasteiger partial charge in [-0.3, -0.25) is 4.98 Å². The van der Waals surface area contributed by atoms with Gasteiger partial charge in [-0.05, 0) is 59.4 Å². The van der Waals surface area contributed by atoms with Crippen LogP contribution in [0.2, 0.25) is 0 Å². The lowest BCUT2D eigenvalue weighted by atomic mass is 9.88. The Morgan fingerprint density at radius 3 is 2.27 bits per heavy atom. The molecule has 0 radical (unpaired) electrons. The molecule has 0 spiro atoms. The van der Waals surface area contributed by atoms with Crippen molar-refractivity contribution in [3.8, 4) is 45.0 Å². The third kappa shape index (κ3) is 3.19. The van der Waals surface area contributed by atoms with E-state index in [2.05, 4.69) is 88.4 Å². The third-order valence-corrected chi connectivity index (χ3v) is 5.77. The van der Waals surface area contributed by atoms with Crippen LogP contribution in [0.15, 0.2) is 79.0 Å². The molecule has 0 saturated heterocycles. The highest BCUT2D eigenvalue weighted by Gasteiger charge is 2.21. The number of aromatic nitrogens is 1. The van der Waals surface area contributed by atoms with Crippen LogP contribution < -0.4 is 4.74 Å². The number of nitrogens with zero attached hydrogens (tertiary/aromatic N) is 1. The summed E-state index contributed by atoms with van der Waals surface area (Å²) in [4.78, 5) is 4.76. The van der Waals surface area contributed by atoms with Crippen LogP contribution in [-0.2, 0) is 5.41 Å². The second-order valence-corrected chi connectivity index (χ2v) is 9.04. The summed E-state index contributed by atoms with van der Waals surface area (Å²) < 4.78 is 6.36. The van der Waals surface area contributed by atoms with Crippen molar-refractivity contribution < 1.29 is 4.74 Å². The number of pyridine rings is 1. The first-order valence-corrected chi connectivity index (χ1v) is 10.4. The molecule has 1 aromatic heterocycles. The summed E-state index contributed by atoms with van der Waals surface area (Å²) in [6.07, 6.45) is 1.99. The maximum absolute atomic E-state index is 6.36. The van der Waals surface area contributed by atoms with Crippen molar-refractivity contribution in [2.45, 2.75) is 33.1 Å². The molecule has 0 fully saturated rings. The Labute approximate surface area is 178 Å². The van der Waals surface area contributed by atoms with Crippen molar-refractivity contribution in [3.63, 3.8) is 0 Å². The highest BCUT2D eigenvalue weighted by molar-refractivity contribution is 5.92. The second kappa shape index (κ2) is 6.84. The molecule has 4 aromatic rings. The van der Waals surface area contributed by atoms with E-state index in [4.69, 9.17) is 9.72 Å². The number of aryl methyl sites for hydroxylation is 1. The Kier molecular flexibility index (Phi) is 4.25. The molecule has 5 rings (SSSR count). The summed E-state index contributed by atoms with van der Waals surface area (Å²) in [5, 5.41) is 0. The molecule has 0 saturated carbocycles. The zero-order valence-electron chi connectivity index (χ0n) is 17.9. The SMILES string of the molecule is Cc1ccc2c(c1)-c1cc(-c3ccc(C(C)(C)C)cn3)ccc1Oc1ccccc1-2. The lowest BCUT2D eigenvalue weighted by Gasteiger charge is -2.18. The number of benzene rings is 3. The Morgan fingerprint density at radius 2 is 1.50 bits per heavy atom. The van der Waals surface area contributed by atoms with E-state index >= 15 is 0 Å². The lowest BCUT2D eigenvalue weighted by Crippen LogP contribution is -2.11. The predicted molar refractivity (Wildman–Crippen MR) is 124 cm³/mol. The van der Waals surface area contributed by atoms with Gasteiger partial charge in [0, 0.05) is 22.9 Å². The van der Waals surface area contributed by atoms with Gasteiger partial charge in [0.15, 0.2) is 0 Å². The number of ether oxygens (including phenoxy) is 1. The Hall–Kier alpha value is -3.39. The van der Waals surface area contributed by atoms with E-state index < -0.39 is 0 Å². The first-order chi connectivity index (χ1) is 14.4. The van der Waals surface area contributed by atoms with Crippen LogP contribution in [0.3, 0.4) is 0 Å². The summed E-state index contributed by atoms with van der Waals surface area (Å²) in [6.45, 7) is 8.76. The summed E-state index contributed by atoms with van der Waals surface area (Å²) in [7, 11) is 0. The zero-order chi connectivity index (χ0) is 20.9. The molecule has 0 aliphatic carbocycles. The van der Waals surface area contributed by atoms with Crippen molar-refractivity contribution in [1.29, 1.82) is 0 Å². The minimum absolute atomic E-state index is 0.0926. The minimum Gasteiger partial charge on any atom is -0.456 e. The van der Waals surface area contributed by atoms with E-state index in [9.17, 15) is 0 Å². The molecule has 2 heteroatoms. The number of rotatable bonds is 1. The van der Waals surface area contributed by atoms with Gasteiger partial charge in [0.2, 0.25) is 0 Å². The summed E-state index contributed by atoms with van der Waals surface area (Å²) >= 11 is 0. The highest BCUT2D eigenvalue weighted by Crippen LogP contribution is 2.47. The molecule has 0 unspecified atom stereocenters. The van der Waals surface area contributed by atoms with Crippen LogP contribution in [0.25, 0.3) is 33.5 Å². The average Bonchev–Trinajstić information content (AvgIpc) is 2.87. The van der Waals surface area contributed by atoms with Gasteiger partial charge in [0.25, 0.3) is 0 Å². The van der Waals surface area contributed by atoms with Crippen molar-refractivity contribution >= 4 is 0 Å². The topological polar surface area (TPSA) is 22.1 Å². The molecule has 0 atom stereocenters. The van der Waals surface area contributed by atoms with Gasteiger partial charge < -0.3 is 4.74 Å². The Bertz CT molecular complexity index is 1250. The molecule has 0 N–H and O–H groups in total.